The summed E-state index contributed by atoms with van der Waals surface area (Å²) in [5.41, 5.74) is 10.1. The van der Waals surface area contributed by atoms with Crippen molar-refractivity contribution in [3.05, 3.63) is 65.4 Å². The molecule has 3 aromatic rings. The van der Waals surface area contributed by atoms with Gasteiger partial charge >= 0.3 is 0 Å². The minimum Gasteiger partial charge on any atom is -0.485 e. The zero-order chi connectivity index (χ0) is 19.9. The molecule has 0 saturated heterocycles. The van der Waals surface area contributed by atoms with Crippen molar-refractivity contribution in [3.8, 4) is 5.75 Å². The molecule has 0 bridgehead atoms. The molecule has 146 valence electrons. The van der Waals surface area contributed by atoms with E-state index in [9.17, 15) is 5.11 Å². The Bertz CT molecular complexity index is 999. The van der Waals surface area contributed by atoms with Crippen LogP contribution in [0.3, 0.4) is 0 Å². The number of nitrogens with zero attached hydrogens (tertiary/aromatic N) is 1. The van der Waals surface area contributed by atoms with E-state index in [0.717, 1.165) is 46.4 Å². The third kappa shape index (κ3) is 3.43. The number of aliphatic hydroxyl groups excluding tert-OH is 1. The van der Waals surface area contributed by atoms with Crippen LogP contribution in [-0.4, -0.2) is 28.3 Å². The van der Waals surface area contributed by atoms with Crippen LogP contribution in [0.1, 0.15) is 36.6 Å². The minimum atomic E-state index is -0.685. The predicted molar refractivity (Wildman–Crippen MR) is 112 cm³/mol. The van der Waals surface area contributed by atoms with Gasteiger partial charge in [-0.2, -0.15) is 0 Å². The first kappa shape index (κ1) is 18.7. The zero-order valence-corrected chi connectivity index (χ0v) is 16.6. The molecule has 2 heterocycles. The fraction of sp³-hybridized carbons (Fsp3) is 0.348. The van der Waals surface area contributed by atoms with Crippen LogP contribution < -0.4 is 15.8 Å². The second-order valence-electron chi connectivity index (χ2n) is 8.11. The van der Waals surface area contributed by atoms with E-state index in [0.29, 0.717) is 0 Å². The minimum absolute atomic E-state index is 0.223. The van der Waals surface area contributed by atoms with Crippen molar-refractivity contribution < 1.29 is 9.84 Å². The molecule has 0 spiro atoms. The first-order valence-corrected chi connectivity index (χ1v) is 9.69. The van der Waals surface area contributed by atoms with Gasteiger partial charge in [-0.3, -0.25) is 4.98 Å². The monoisotopic (exact) mass is 377 g/mol. The zero-order valence-electron chi connectivity index (χ0n) is 16.6. The lowest BCUT2D eigenvalue weighted by Crippen LogP contribution is -2.52. The summed E-state index contributed by atoms with van der Waals surface area (Å²) in [5, 5.41) is 15.6. The molecule has 28 heavy (non-hydrogen) atoms. The molecule has 0 unspecified atom stereocenters. The van der Waals surface area contributed by atoms with Crippen LogP contribution in [-0.2, 0) is 6.42 Å². The Kier molecular flexibility index (Phi) is 4.73. The van der Waals surface area contributed by atoms with Crippen molar-refractivity contribution in [1.29, 1.82) is 0 Å². The molecule has 0 amide bonds. The number of fused-ring (bicyclic) bond motifs is 2. The molecule has 0 radical (unpaired) electrons. The molecule has 4 N–H and O–H groups in total. The Morgan fingerprint density at radius 3 is 2.68 bits per heavy atom. The van der Waals surface area contributed by atoms with Gasteiger partial charge in [0.1, 0.15) is 17.5 Å². The summed E-state index contributed by atoms with van der Waals surface area (Å²) in [5.74, 6) is 0.809. The number of aryl methyl sites for hydroxylation is 1. The smallest absolute Gasteiger partial charge is 0.131 e. The van der Waals surface area contributed by atoms with Crippen LogP contribution in [0.25, 0.3) is 10.9 Å². The van der Waals surface area contributed by atoms with Crippen LogP contribution in [0, 0.1) is 6.92 Å². The number of nitrogens with one attached hydrogen (secondary N) is 1. The van der Waals surface area contributed by atoms with E-state index in [1.165, 1.54) is 5.56 Å². The van der Waals surface area contributed by atoms with Gasteiger partial charge < -0.3 is 20.9 Å². The van der Waals surface area contributed by atoms with Crippen molar-refractivity contribution in [2.24, 2.45) is 0 Å². The molecule has 5 nitrogen and oxygen atoms in total. The molecule has 1 aromatic heterocycles. The number of hydrogen-bond donors (Lipinski definition) is 3. The highest BCUT2D eigenvalue weighted by atomic mass is 16.5. The molecule has 5 heteroatoms. The molecule has 0 fully saturated rings. The van der Waals surface area contributed by atoms with Gasteiger partial charge in [0.25, 0.3) is 0 Å². The van der Waals surface area contributed by atoms with E-state index < -0.39 is 11.7 Å². The molecule has 2 atom stereocenters. The maximum absolute atomic E-state index is 11.0. The number of nitrogens with two attached hydrogens (primary N) is 1. The lowest BCUT2D eigenvalue weighted by Gasteiger charge is -2.42. The lowest BCUT2D eigenvalue weighted by molar-refractivity contribution is -0.0642. The number of nitrogen functional groups attached to an aromatic ring is 1. The van der Waals surface area contributed by atoms with Crippen LogP contribution in [0.2, 0.25) is 0 Å². The predicted octanol–water partition coefficient (Wildman–Crippen LogP) is 3.53. The highest BCUT2D eigenvalue weighted by molar-refractivity contribution is 5.84. The summed E-state index contributed by atoms with van der Waals surface area (Å²) in [4.78, 5) is 4.51. The summed E-state index contributed by atoms with van der Waals surface area (Å²) in [6, 6.07) is 13.8. The largest absolute Gasteiger partial charge is 0.485 e. The highest BCUT2D eigenvalue weighted by Crippen LogP contribution is 2.41. The Labute approximate surface area is 165 Å². The van der Waals surface area contributed by atoms with Crippen molar-refractivity contribution in [2.45, 2.75) is 44.9 Å². The molecule has 4 rings (SSSR count). The molecular weight excluding hydrogens is 350 g/mol. The fourth-order valence-corrected chi connectivity index (χ4v) is 3.85. The molecule has 0 aliphatic carbocycles. The van der Waals surface area contributed by atoms with Gasteiger partial charge in [0, 0.05) is 22.8 Å². The Balaban J connectivity index is 1.63. The molecular formula is C23H27N3O2. The number of aromatic nitrogens is 1. The number of benzene rings is 2. The molecule has 2 aromatic carbocycles. The van der Waals surface area contributed by atoms with Crippen LogP contribution in [0.4, 0.5) is 5.69 Å². The van der Waals surface area contributed by atoms with Crippen molar-refractivity contribution in [2.75, 3.05) is 12.3 Å². The van der Waals surface area contributed by atoms with Crippen LogP contribution in [0.15, 0.2) is 48.7 Å². The van der Waals surface area contributed by atoms with E-state index in [1.54, 1.807) is 0 Å². The van der Waals surface area contributed by atoms with E-state index >= 15 is 0 Å². The van der Waals surface area contributed by atoms with Gasteiger partial charge in [0.15, 0.2) is 0 Å². The van der Waals surface area contributed by atoms with Gasteiger partial charge in [-0.15, -0.1) is 0 Å². The van der Waals surface area contributed by atoms with Crippen molar-refractivity contribution in [1.82, 2.24) is 10.3 Å². The third-order valence-corrected chi connectivity index (χ3v) is 5.58. The topological polar surface area (TPSA) is 80.4 Å². The summed E-state index contributed by atoms with van der Waals surface area (Å²) in [6.45, 7) is 6.66. The summed E-state index contributed by atoms with van der Waals surface area (Å²) >= 11 is 0. The summed E-state index contributed by atoms with van der Waals surface area (Å²) in [6.07, 6.45) is 2.00. The average Bonchev–Trinajstić information content (AvgIpc) is 2.66. The first-order chi connectivity index (χ1) is 13.3. The third-order valence-electron chi connectivity index (χ3n) is 5.58. The number of aliphatic hydroxyl groups is 1. The number of ether oxygens (including phenoxy) is 1. The second-order valence-corrected chi connectivity index (χ2v) is 8.11. The Morgan fingerprint density at radius 1 is 1.18 bits per heavy atom. The van der Waals surface area contributed by atoms with E-state index in [4.69, 9.17) is 10.5 Å². The number of pyridine rings is 1. The van der Waals surface area contributed by atoms with Crippen LogP contribution >= 0.6 is 0 Å². The van der Waals surface area contributed by atoms with Gasteiger partial charge in [0.05, 0.1) is 11.6 Å². The molecule has 1 aliphatic rings. The van der Waals surface area contributed by atoms with Gasteiger partial charge in [-0.1, -0.05) is 12.1 Å². The summed E-state index contributed by atoms with van der Waals surface area (Å²) in [7, 11) is 0. The van der Waals surface area contributed by atoms with Gasteiger partial charge in [-0.05, 0) is 75.2 Å². The second kappa shape index (κ2) is 7.08. The van der Waals surface area contributed by atoms with Crippen LogP contribution in [0.5, 0.6) is 5.75 Å². The number of anilines is 1. The Morgan fingerprint density at radius 2 is 1.93 bits per heavy atom. The normalized spacial score (nSPS) is 20.6. The average molecular weight is 377 g/mol. The first-order valence-electron chi connectivity index (χ1n) is 9.69. The van der Waals surface area contributed by atoms with Crippen molar-refractivity contribution in [3.63, 3.8) is 0 Å². The van der Waals surface area contributed by atoms with E-state index in [2.05, 4.69) is 23.3 Å². The maximum Gasteiger partial charge on any atom is 0.131 e. The Hall–Kier alpha value is -2.63. The highest BCUT2D eigenvalue weighted by Gasteiger charge is 2.42. The van der Waals surface area contributed by atoms with Gasteiger partial charge in [-0.25, -0.2) is 0 Å². The fourth-order valence-electron chi connectivity index (χ4n) is 3.85. The standard InChI is InChI=1S/C23H27N3O2/c1-14-8-10-25-19-12-18-20(13-17(14)19)28-23(2,3)22(27)21(18)26-11-9-15-4-6-16(24)7-5-15/h4-8,10,12-13,21-22,26-27H,9,11,24H2,1-3H3/t21-,22+/m0/s1. The number of rotatable bonds is 4. The van der Waals surface area contributed by atoms with E-state index in [-0.39, 0.29) is 6.04 Å². The van der Waals surface area contributed by atoms with E-state index in [1.807, 2.05) is 56.4 Å². The molecule has 1 aliphatic heterocycles. The van der Waals surface area contributed by atoms with Gasteiger partial charge in [0.2, 0.25) is 0 Å². The number of hydrogen-bond acceptors (Lipinski definition) is 5. The maximum atomic E-state index is 11.0. The van der Waals surface area contributed by atoms with Crippen molar-refractivity contribution >= 4 is 16.6 Å². The lowest BCUT2D eigenvalue weighted by atomic mass is 9.85. The quantitative estimate of drug-likeness (QED) is 0.606. The summed E-state index contributed by atoms with van der Waals surface area (Å²) < 4.78 is 6.17. The molecule has 0 saturated carbocycles. The SMILES string of the molecule is Cc1ccnc2cc3c(cc12)OC(C)(C)[C@H](O)[C@H]3NCCc1ccc(N)cc1.